The summed E-state index contributed by atoms with van der Waals surface area (Å²) in [6.07, 6.45) is 4.67. The summed E-state index contributed by atoms with van der Waals surface area (Å²) in [7, 11) is 0. The highest BCUT2D eigenvalue weighted by Crippen LogP contribution is 2.29. The second-order valence-corrected chi connectivity index (χ2v) is 10.5. The molecule has 2 aliphatic heterocycles. The molecule has 1 aromatic carbocycles. The predicted molar refractivity (Wildman–Crippen MR) is 131 cm³/mol. The monoisotopic (exact) mass is 489 g/mol. The topological polar surface area (TPSA) is 70.2 Å². The van der Waals surface area contributed by atoms with Gasteiger partial charge in [-0.05, 0) is 55.5 Å². The first kappa shape index (κ1) is 25.1. The van der Waals surface area contributed by atoms with E-state index in [1.54, 1.807) is 4.90 Å². The number of halogens is 1. The number of ether oxygens (including phenoxy) is 1. The van der Waals surface area contributed by atoms with Crippen LogP contribution < -0.4 is 0 Å². The van der Waals surface area contributed by atoms with Gasteiger partial charge >= 0.3 is 0 Å². The maximum absolute atomic E-state index is 12.9. The average molecular weight is 490 g/mol. The third-order valence-corrected chi connectivity index (χ3v) is 7.74. The van der Waals surface area contributed by atoms with Crippen molar-refractivity contribution in [2.45, 2.75) is 58.5 Å². The van der Waals surface area contributed by atoms with Crippen LogP contribution in [-0.2, 0) is 32.1 Å². The highest BCUT2D eigenvalue weighted by Gasteiger charge is 2.33. The number of benzene rings is 1. The Morgan fingerprint density at radius 1 is 1.12 bits per heavy atom. The van der Waals surface area contributed by atoms with E-state index in [1.165, 1.54) is 12.8 Å². The first-order valence-electron chi connectivity index (χ1n) is 12.5. The first-order valence-corrected chi connectivity index (χ1v) is 12.9. The average Bonchev–Trinajstić information content (AvgIpc) is 3.33. The van der Waals surface area contributed by atoms with Crippen LogP contribution in [0.5, 0.6) is 0 Å². The molecule has 1 aromatic rings. The summed E-state index contributed by atoms with van der Waals surface area (Å²) < 4.78 is 5.14. The quantitative estimate of drug-likeness (QED) is 0.589. The third-order valence-electron chi connectivity index (χ3n) is 7.52. The molecule has 0 aromatic heterocycles. The number of amides is 2. The largest absolute Gasteiger partial charge is 0.370 e. The van der Waals surface area contributed by atoms with E-state index in [-0.39, 0.29) is 43.2 Å². The van der Waals surface area contributed by atoms with Gasteiger partial charge in [-0.1, -0.05) is 24.4 Å². The molecule has 1 atom stereocenters. The molecule has 8 heteroatoms. The lowest BCUT2D eigenvalue weighted by Crippen LogP contribution is -2.54. The van der Waals surface area contributed by atoms with Crippen LogP contribution in [0.3, 0.4) is 0 Å². The second-order valence-electron chi connectivity index (χ2n) is 10.0. The van der Waals surface area contributed by atoms with Crippen LogP contribution >= 0.6 is 11.6 Å². The summed E-state index contributed by atoms with van der Waals surface area (Å²) in [5.74, 6) is 0.419. The number of ketones is 1. The molecule has 7 nitrogen and oxygen atoms in total. The fourth-order valence-electron chi connectivity index (χ4n) is 5.50. The van der Waals surface area contributed by atoms with Crippen molar-refractivity contribution in [3.63, 3.8) is 0 Å². The highest BCUT2D eigenvalue weighted by molar-refractivity contribution is 6.30. The van der Waals surface area contributed by atoms with Gasteiger partial charge in [0, 0.05) is 56.1 Å². The Balaban J connectivity index is 1.36. The molecule has 0 spiro atoms. The van der Waals surface area contributed by atoms with E-state index < -0.39 is 0 Å². The molecule has 0 N–H and O–H groups in total. The Kier molecular flexibility index (Phi) is 8.27. The number of carbonyl (C=O) groups is 3. The van der Waals surface area contributed by atoms with Crippen molar-refractivity contribution in [3.8, 4) is 0 Å². The van der Waals surface area contributed by atoms with Gasteiger partial charge in [-0.3, -0.25) is 19.3 Å². The maximum atomic E-state index is 12.9. The molecule has 4 rings (SSSR count). The molecule has 3 aliphatic rings. The lowest BCUT2D eigenvalue weighted by atomic mass is 9.97. The van der Waals surface area contributed by atoms with Gasteiger partial charge in [0.25, 0.3) is 0 Å². The fourth-order valence-corrected chi connectivity index (χ4v) is 5.76. The number of hydrogen-bond acceptors (Lipinski definition) is 5. The van der Waals surface area contributed by atoms with E-state index in [2.05, 4.69) is 16.7 Å². The number of morpholine rings is 1. The SMILES string of the molecule is Cc1c(CC(=O)CN2CCOCC2=O)cc(Cl)cc1CN1CCN(C(=O)C2CCCC2)[C@@H](C)C1. The standard InChI is InChI=1S/C26H36ClN3O4/c1-18-14-28(7-8-30(18)26(33)20-5-3-4-6-20)15-22-12-23(27)11-21(19(22)2)13-24(31)16-29-9-10-34-17-25(29)32/h11-12,18,20H,3-10,13-17H2,1-2H3/t18-/m0/s1. The van der Waals surface area contributed by atoms with Crippen LogP contribution in [0.15, 0.2) is 12.1 Å². The molecule has 0 radical (unpaired) electrons. The smallest absolute Gasteiger partial charge is 0.249 e. The summed E-state index contributed by atoms with van der Waals surface area (Å²) in [6, 6.07) is 4.03. The zero-order valence-electron chi connectivity index (χ0n) is 20.4. The van der Waals surface area contributed by atoms with E-state index in [0.29, 0.717) is 24.1 Å². The van der Waals surface area contributed by atoms with Gasteiger partial charge in [-0.25, -0.2) is 0 Å². The van der Waals surface area contributed by atoms with Gasteiger partial charge < -0.3 is 14.5 Å². The number of nitrogens with zero attached hydrogens (tertiary/aromatic N) is 3. The van der Waals surface area contributed by atoms with Crippen molar-refractivity contribution in [2.75, 3.05) is 45.9 Å². The minimum Gasteiger partial charge on any atom is -0.370 e. The van der Waals surface area contributed by atoms with Crippen LogP contribution in [0, 0.1) is 12.8 Å². The van der Waals surface area contributed by atoms with Crippen LogP contribution in [0.4, 0.5) is 0 Å². The fraction of sp³-hybridized carbons (Fsp3) is 0.654. The highest BCUT2D eigenvalue weighted by atomic mass is 35.5. The van der Waals surface area contributed by atoms with Crippen LogP contribution in [-0.4, -0.2) is 84.3 Å². The van der Waals surface area contributed by atoms with E-state index in [9.17, 15) is 14.4 Å². The Morgan fingerprint density at radius 2 is 1.85 bits per heavy atom. The van der Waals surface area contributed by atoms with Crippen molar-refractivity contribution in [3.05, 3.63) is 33.8 Å². The summed E-state index contributed by atoms with van der Waals surface area (Å²) in [6.45, 7) is 8.43. The molecule has 2 saturated heterocycles. The van der Waals surface area contributed by atoms with Crippen molar-refractivity contribution >= 4 is 29.2 Å². The maximum Gasteiger partial charge on any atom is 0.249 e. The van der Waals surface area contributed by atoms with E-state index >= 15 is 0 Å². The van der Waals surface area contributed by atoms with Gasteiger partial charge in [0.15, 0.2) is 5.78 Å². The molecule has 2 heterocycles. The molecular weight excluding hydrogens is 454 g/mol. The van der Waals surface area contributed by atoms with Gasteiger partial charge in [-0.15, -0.1) is 0 Å². The molecule has 3 fully saturated rings. The molecule has 1 aliphatic carbocycles. The minimum atomic E-state index is -0.136. The summed E-state index contributed by atoms with van der Waals surface area (Å²) in [5, 5.41) is 0.619. The normalized spacial score (nSPS) is 22.4. The van der Waals surface area contributed by atoms with E-state index in [1.807, 2.05) is 19.1 Å². The number of hydrogen-bond donors (Lipinski definition) is 0. The Labute approximate surface area is 207 Å². The molecule has 0 bridgehead atoms. The first-order chi connectivity index (χ1) is 16.3. The molecule has 2 amide bonds. The van der Waals surface area contributed by atoms with Crippen molar-refractivity contribution < 1.29 is 19.1 Å². The van der Waals surface area contributed by atoms with Crippen LogP contribution in [0.25, 0.3) is 0 Å². The van der Waals surface area contributed by atoms with Crippen LogP contribution in [0.2, 0.25) is 5.02 Å². The van der Waals surface area contributed by atoms with Gasteiger partial charge in [0.1, 0.15) is 6.61 Å². The number of Topliss-reactive ketones (excluding diaryl/α,β-unsaturated/α-hetero) is 1. The number of piperazine rings is 1. The zero-order valence-corrected chi connectivity index (χ0v) is 21.1. The summed E-state index contributed by atoms with van der Waals surface area (Å²) in [5.41, 5.74) is 3.10. The third kappa shape index (κ3) is 5.99. The van der Waals surface area contributed by atoms with Crippen molar-refractivity contribution in [1.29, 1.82) is 0 Å². The predicted octanol–water partition coefficient (Wildman–Crippen LogP) is 2.84. The Hall–Kier alpha value is -1.96. The number of rotatable bonds is 7. The Bertz CT molecular complexity index is 931. The number of carbonyl (C=O) groups excluding carboxylic acids is 3. The van der Waals surface area contributed by atoms with E-state index in [0.717, 1.165) is 55.7 Å². The second kappa shape index (κ2) is 11.2. The van der Waals surface area contributed by atoms with Gasteiger partial charge in [0.2, 0.25) is 11.8 Å². The lowest BCUT2D eigenvalue weighted by molar-refractivity contribution is -0.145. The Morgan fingerprint density at radius 3 is 2.56 bits per heavy atom. The van der Waals surface area contributed by atoms with Crippen LogP contribution in [0.1, 0.15) is 49.3 Å². The molecule has 34 heavy (non-hydrogen) atoms. The van der Waals surface area contributed by atoms with Crippen molar-refractivity contribution in [2.24, 2.45) is 5.92 Å². The lowest BCUT2D eigenvalue weighted by Gasteiger charge is -2.41. The van der Waals surface area contributed by atoms with Crippen molar-refractivity contribution in [1.82, 2.24) is 14.7 Å². The summed E-state index contributed by atoms with van der Waals surface area (Å²) in [4.78, 5) is 43.6. The minimum absolute atomic E-state index is 0.000715. The van der Waals surface area contributed by atoms with E-state index in [4.69, 9.17) is 16.3 Å². The van der Waals surface area contributed by atoms with Gasteiger partial charge in [0.05, 0.1) is 13.2 Å². The van der Waals surface area contributed by atoms with Gasteiger partial charge in [-0.2, -0.15) is 0 Å². The molecule has 0 unspecified atom stereocenters. The zero-order chi connectivity index (χ0) is 24.2. The molecular formula is C26H36ClN3O4. The molecule has 186 valence electrons. The summed E-state index contributed by atoms with van der Waals surface area (Å²) >= 11 is 6.44. The molecule has 1 saturated carbocycles.